The molecule has 1 aliphatic rings. The lowest BCUT2D eigenvalue weighted by Gasteiger charge is -2.26. The van der Waals surface area contributed by atoms with Crippen LogP contribution in [0.25, 0.3) is 0 Å². The van der Waals surface area contributed by atoms with Gasteiger partial charge in [0.1, 0.15) is 0 Å². The summed E-state index contributed by atoms with van der Waals surface area (Å²) in [6.07, 6.45) is 3.77. The lowest BCUT2D eigenvalue weighted by atomic mass is 9.89. The van der Waals surface area contributed by atoms with Crippen LogP contribution in [0.2, 0.25) is 0 Å². The standard InChI is InChI=1S/C20H26N2O2S/c23-25(24,22-16-8-3-9-17-22)21-15-14-20(18-10-4-1-5-11-18)19-12-6-2-7-13-19/h1-2,4-7,10-13,20-21H,3,8-9,14-17H2. The SMILES string of the molecule is O=S(=O)(NCCC(c1ccccc1)c1ccccc1)N1CCCCC1. The van der Waals surface area contributed by atoms with Gasteiger partial charge in [-0.05, 0) is 30.4 Å². The van der Waals surface area contributed by atoms with Crippen LogP contribution in [0.4, 0.5) is 0 Å². The first kappa shape index (κ1) is 18.1. The third kappa shape index (κ3) is 4.91. The van der Waals surface area contributed by atoms with Gasteiger partial charge in [-0.25, -0.2) is 4.72 Å². The molecule has 1 aliphatic heterocycles. The van der Waals surface area contributed by atoms with E-state index in [4.69, 9.17) is 0 Å². The summed E-state index contributed by atoms with van der Waals surface area (Å²) in [6.45, 7) is 1.71. The van der Waals surface area contributed by atoms with E-state index >= 15 is 0 Å². The Hall–Kier alpha value is -1.69. The van der Waals surface area contributed by atoms with Crippen molar-refractivity contribution >= 4 is 10.2 Å². The monoisotopic (exact) mass is 358 g/mol. The van der Waals surface area contributed by atoms with Gasteiger partial charge in [-0.3, -0.25) is 0 Å². The molecule has 3 rings (SSSR count). The maximum Gasteiger partial charge on any atom is 0.279 e. The Morgan fingerprint density at radius 3 is 1.88 bits per heavy atom. The number of rotatable bonds is 7. The highest BCUT2D eigenvalue weighted by molar-refractivity contribution is 7.87. The van der Waals surface area contributed by atoms with Crippen molar-refractivity contribution in [3.63, 3.8) is 0 Å². The maximum atomic E-state index is 12.5. The van der Waals surface area contributed by atoms with E-state index in [9.17, 15) is 8.42 Å². The Labute approximate surface area is 151 Å². The Bertz CT molecular complexity index is 702. The Balaban J connectivity index is 1.67. The molecule has 0 spiro atoms. The van der Waals surface area contributed by atoms with Crippen LogP contribution in [-0.2, 0) is 10.2 Å². The summed E-state index contributed by atoms with van der Waals surface area (Å²) in [5.41, 5.74) is 2.43. The first-order valence-corrected chi connectivity index (χ1v) is 10.5. The van der Waals surface area contributed by atoms with Crippen LogP contribution < -0.4 is 4.72 Å². The Kier molecular flexibility index (Phi) is 6.24. The van der Waals surface area contributed by atoms with Crippen molar-refractivity contribution in [1.82, 2.24) is 9.03 Å². The van der Waals surface area contributed by atoms with Crippen LogP contribution in [-0.4, -0.2) is 32.4 Å². The van der Waals surface area contributed by atoms with Crippen LogP contribution in [0, 0.1) is 0 Å². The number of benzene rings is 2. The minimum Gasteiger partial charge on any atom is -0.202 e. The van der Waals surface area contributed by atoms with E-state index in [2.05, 4.69) is 29.0 Å². The van der Waals surface area contributed by atoms with E-state index in [1.807, 2.05) is 36.4 Å². The van der Waals surface area contributed by atoms with Gasteiger partial charge in [-0.15, -0.1) is 0 Å². The minimum absolute atomic E-state index is 0.187. The number of hydrogen-bond donors (Lipinski definition) is 1. The molecule has 0 aromatic heterocycles. The second-order valence-corrected chi connectivity index (χ2v) is 8.28. The van der Waals surface area contributed by atoms with Gasteiger partial charge in [0.05, 0.1) is 0 Å². The zero-order chi connectivity index (χ0) is 17.5. The molecule has 0 unspecified atom stereocenters. The fraction of sp³-hybridized carbons (Fsp3) is 0.400. The van der Waals surface area contributed by atoms with Gasteiger partial charge in [0, 0.05) is 25.6 Å². The van der Waals surface area contributed by atoms with E-state index in [1.165, 1.54) is 11.1 Å². The van der Waals surface area contributed by atoms with Crippen LogP contribution in [0.15, 0.2) is 60.7 Å². The van der Waals surface area contributed by atoms with Crippen molar-refractivity contribution in [2.24, 2.45) is 0 Å². The summed E-state index contributed by atoms with van der Waals surface area (Å²) in [5.74, 6) is 0.187. The normalized spacial score (nSPS) is 16.2. The molecule has 0 bridgehead atoms. The molecule has 1 N–H and O–H groups in total. The topological polar surface area (TPSA) is 49.4 Å². The molecule has 2 aromatic carbocycles. The lowest BCUT2D eigenvalue weighted by molar-refractivity contribution is 0.341. The van der Waals surface area contributed by atoms with Crippen LogP contribution in [0.1, 0.15) is 42.7 Å². The first-order chi connectivity index (χ1) is 12.2. The summed E-state index contributed by atoms with van der Waals surface area (Å²) in [6, 6.07) is 20.6. The Morgan fingerprint density at radius 2 is 1.36 bits per heavy atom. The fourth-order valence-corrected chi connectivity index (χ4v) is 4.72. The second kappa shape index (κ2) is 8.61. The van der Waals surface area contributed by atoms with E-state index in [0.29, 0.717) is 19.6 Å². The molecule has 5 heteroatoms. The third-order valence-corrected chi connectivity index (χ3v) is 6.39. The van der Waals surface area contributed by atoms with Crippen molar-refractivity contribution in [1.29, 1.82) is 0 Å². The molecule has 0 aliphatic carbocycles. The largest absolute Gasteiger partial charge is 0.279 e. The molecule has 25 heavy (non-hydrogen) atoms. The number of hydrogen-bond acceptors (Lipinski definition) is 2. The molecule has 1 heterocycles. The number of piperidine rings is 1. The molecular formula is C20H26N2O2S. The molecule has 134 valence electrons. The van der Waals surface area contributed by atoms with Gasteiger partial charge in [-0.2, -0.15) is 12.7 Å². The van der Waals surface area contributed by atoms with Gasteiger partial charge < -0.3 is 0 Å². The van der Waals surface area contributed by atoms with E-state index in [1.54, 1.807) is 4.31 Å². The average molecular weight is 359 g/mol. The number of nitrogens with zero attached hydrogens (tertiary/aromatic N) is 1. The van der Waals surface area contributed by atoms with E-state index < -0.39 is 10.2 Å². The van der Waals surface area contributed by atoms with E-state index in [0.717, 1.165) is 25.7 Å². The molecule has 2 aromatic rings. The summed E-state index contributed by atoms with van der Waals surface area (Å²) in [7, 11) is -3.36. The highest BCUT2D eigenvalue weighted by Gasteiger charge is 2.24. The first-order valence-electron chi connectivity index (χ1n) is 9.01. The van der Waals surface area contributed by atoms with Crippen molar-refractivity contribution in [2.45, 2.75) is 31.6 Å². The quantitative estimate of drug-likeness (QED) is 0.823. The van der Waals surface area contributed by atoms with Crippen molar-refractivity contribution < 1.29 is 8.42 Å². The fourth-order valence-electron chi connectivity index (χ4n) is 3.43. The van der Waals surface area contributed by atoms with Gasteiger partial charge in [0.15, 0.2) is 0 Å². The molecule has 1 fully saturated rings. The molecule has 0 radical (unpaired) electrons. The summed E-state index contributed by atoms with van der Waals surface area (Å²) in [4.78, 5) is 0. The summed E-state index contributed by atoms with van der Waals surface area (Å²) >= 11 is 0. The van der Waals surface area contributed by atoms with Gasteiger partial charge >= 0.3 is 0 Å². The van der Waals surface area contributed by atoms with Gasteiger partial charge in [0.25, 0.3) is 10.2 Å². The van der Waals surface area contributed by atoms with E-state index in [-0.39, 0.29) is 5.92 Å². The molecule has 4 nitrogen and oxygen atoms in total. The van der Waals surface area contributed by atoms with Crippen molar-refractivity contribution in [2.75, 3.05) is 19.6 Å². The summed E-state index contributed by atoms with van der Waals surface area (Å²) < 4.78 is 29.3. The smallest absolute Gasteiger partial charge is 0.202 e. The van der Waals surface area contributed by atoms with Crippen LogP contribution >= 0.6 is 0 Å². The second-order valence-electron chi connectivity index (χ2n) is 6.52. The zero-order valence-electron chi connectivity index (χ0n) is 14.5. The van der Waals surface area contributed by atoms with Crippen LogP contribution in [0.3, 0.4) is 0 Å². The maximum absolute atomic E-state index is 12.5. The molecule has 0 saturated carbocycles. The molecule has 0 atom stereocenters. The molecule has 1 saturated heterocycles. The van der Waals surface area contributed by atoms with Crippen LogP contribution in [0.5, 0.6) is 0 Å². The highest BCUT2D eigenvalue weighted by atomic mass is 32.2. The zero-order valence-corrected chi connectivity index (χ0v) is 15.3. The molecule has 0 amide bonds. The Morgan fingerprint density at radius 1 is 0.840 bits per heavy atom. The van der Waals surface area contributed by atoms with Gasteiger partial charge in [-0.1, -0.05) is 67.1 Å². The predicted octanol–water partition coefficient (Wildman–Crippen LogP) is 3.53. The summed E-state index contributed by atoms with van der Waals surface area (Å²) in [5, 5.41) is 0. The van der Waals surface area contributed by atoms with Crippen molar-refractivity contribution in [3.8, 4) is 0 Å². The highest BCUT2D eigenvalue weighted by Crippen LogP contribution is 2.27. The third-order valence-electron chi connectivity index (χ3n) is 4.78. The number of nitrogens with one attached hydrogen (secondary N) is 1. The molecular weight excluding hydrogens is 332 g/mol. The van der Waals surface area contributed by atoms with Crippen molar-refractivity contribution in [3.05, 3.63) is 71.8 Å². The van der Waals surface area contributed by atoms with Gasteiger partial charge in [0.2, 0.25) is 0 Å². The predicted molar refractivity (Wildman–Crippen MR) is 102 cm³/mol. The minimum atomic E-state index is -3.36. The lowest BCUT2D eigenvalue weighted by Crippen LogP contribution is -2.43. The average Bonchev–Trinajstić information content (AvgIpc) is 2.67.